The predicted octanol–water partition coefficient (Wildman–Crippen LogP) is 0.781. The summed E-state index contributed by atoms with van der Waals surface area (Å²) in [6.45, 7) is 0. The van der Waals surface area contributed by atoms with Crippen LogP contribution in [0.2, 0.25) is 0 Å². The van der Waals surface area contributed by atoms with E-state index >= 15 is 0 Å². The molecule has 0 unspecified atom stereocenters. The van der Waals surface area contributed by atoms with Crippen LogP contribution in [0.1, 0.15) is 10.5 Å². The second-order valence-electron chi connectivity index (χ2n) is 1.30. The summed E-state index contributed by atoms with van der Waals surface area (Å²) in [6.07, 6.45) is 0. The minimum absolute atomic E-state index is 0.211. The van der Waals surface area contributed by atoms with E-state index < -0.39 is 5.91 Å². The Kier molecular flexibility index (Phi) is 2.33. The van der Waals surface area contributed by atoms with Crippen molar-refractivity contribution in [2.75, 3.05) is 0 Å². The van der Waals surface area contributed by atoms with Crippen LogP contribution in [0.4, 0.5) is 0 Å². The van der Waals surface area contributed by atoms with E-state index in [9.17, 15) is 4.79 Å². The Hall–Kier alpha value is -0.970. The molecule has 1 amide bonds. The molecule has 1 aromatic heterocycles. The van der Waals surface area contributed by atoms with Gasteiger partial charge in [-0.1, -0.05) is 4.49 Å². The quantitative estimate of drug-likeness (QED) is 0.463. The number of amides is 1. The van der Waals surface area contributed by atoms with Gasteiger partial charge in [-0.25, -0.2) is 0 Å². The number of hydrogen-bond acceptors (Lipinski definition) is 5. The molecular formula is C4HN3OS2. The minimum atomic E-state index is -0.497. The van der Waals surface area contributed by atoms with Gasteiger partial charge in [0.2, 0.25) is 0 Å². The molecule has 0 bridgehead atoms. The van der Waals surface area contributed by atoms with Crippen molar-refractivity contribution in [1.29, 1.82) is 0 Å². The third-order valence-corrected chi connectivity index (χ3v) is 1.32. The smallest absolute Gasteiger partial charge is 0.264 e. The van der Waals surface area contributed by atoms with Gasteiger partial charge in [0.25, 0.3) is 0 Å². The molecule has 0 aliphatic carbocycles. The number of nitrogens with zero attached hydrogens (tertiary/aromatic N) is 3. The predicted molar refractivity (Wildman–Crippen MR) is 39.3 cm³/mol. The van der Waals surface area contributed by atoms with E-state index in [1.807, 2.05) is 5.16 Å². The summed E-state index contributed by atoms with van der Waals surface area (Å²) >= 11 is 5.31. The standard InChI is InChI=1S/C4HN3OS2/c8-4(5-2-9)3-1-10-7-6-3/h1H. The summed E-state index contributed by atoms with van der Waals surface area (Å²) < 4.78 is 3.47. The summed E-state index contributed by atoms with van der Waals surface area (Å²) in [6, 6.07) is 0. The Balaban J connectivity index is 2.87. The Bertz CT molecular complexity index is 275. The highest BCUT2D eigenvalue weighted by Gasteiger charge is 2.04. The fourth-order valence-corrected chi connectivity index (χ4v) is 0.869. The number of isothiocyanates is 1. The van der Waals surface area contributed by atoms with Gasteiger partial charge < -0.3 is 0 Å². The van der Waals surface area contributed by atoms with E-state index in [0.717, 1.165) is 11.5 Å². The number of carbonyl (C=O) groups is 1. The van der Waals surface area contributed by atoms with Crippen LogP contribution < -0.4 is 0 Å². The summed E-state index contributed by atoms with van der Waals surface area (Å²) in [4.78, 5) is 13.9. The minimum Gasteiger partial charge on any atom is -0.264 e. The van der Waals surface area contributed by atoms with Gasteiger partial charge in [0, 0.05) is 5.38 Å². The largest absolute Gasteiger partial charge is 0.307 e. The second-order valence-corrected chi connectivity index (χ2v) is 2.09. The number of thiocarbonyl (C=S) groups is 1. The van der Waals surface area contributed by atoms with E-state index in [-0.39, 0.29) is 5.69 Å². The lowest BCUT2D eigenvalue weighted by Crippen LogP contribution is -1.93. The van der Waals surface area contributed by atoms with Crippen LogP contribution in [0.3, 0.4) is 0 Å². The van der Waals surface area contributed by atoms with Gasteiger partial charge in [-0.15, -0.1) is 5.10 Å². The van der Waals surface area contributed by atoms with Crippen LogP contribution >= 0.6 is 23.8 Å². The summed E-state index contributed by atoms with van der Waals surface area (Å²) in [5, 5.41) is 6.92. The van der Waals surface area contributed by atoms with Crippen LogP contribution in [-0.2, 0) is 0 Å². The van der Waals surface area contributed by atoms with Crippen LogP contribution in [0.15, 0.2) is 10.4 Å². The third-order valence-electron chi connectivity index (χ3n) is 0.726. The molecule has 0 aliphatic heterocycles. The van der Waals surface area contributed by atoms with Gasteiger partial charge in [-0.3, -0.25) is 4.79 Å². The van der Waals surface area contributed by atoms with Crippen molar-refractivity contribution >= 4 is 34.8 Å². The molecule has 1 aromatic rings. The SMILES string of the molecule is O=C(N=C=S)c1csnn1. The number of carbonyl (C=O) groups excluding carboxylic acids is 1. The monoisotopic (exact) mass is 171 g/mol. The van der Waals surface area contributed by atoms with Gasteiger partial charge >= 0.3 is 5.91 Å². The van der Waals surface area contributed by atoms with Crippen molar-refractivity contribution in [3.8, 4) is 0 Å². The normalized spacial score (nSPS) is 8.40. The maximum Gasteiger partial charge on any atom is 0.307 e. The Morgan fingerprint density at radius 3 is 3.20 bits per heavy atom. The number of rotatable bonds is 1. The van der Waals surface area contributed by atoms with Crippen molar-refractivity contribution in [2.24, 2.45) is 4.99 Å². The zero-order valence-electron chi connectivity index (χ0n) is 4.64. The molecule has 0 fully saturated rings. The molecule has 6 heteroatoms. The Morgan fingerprint density at radius 2 is 2.70 bits per heavy atom. The van der Waals surface area contributed by atoms with E-state index in [4.69, 9.17) is 0 Å². The topological polar surface area (TPSA) is 55.2 Å². The first kappa shape index (κ1) is 7.14. The molecule has 10 heavy (non-hydrogen) atoms. The molecule has 0 aromatic carbocycles. The average Bonchev–Trinajstić information content (AvgIpc) is 2.38. The second kappa shape index (κ2) is 3.26. The van der Waals surface area contributed by atoms with Crippen LogP contribution in [0, 0.1) is 0 Å². The van der Waals surface area contributed by atoms with Gasteiger partial charge in [-0.05, 0) is 23.8 Å². The lowest BCUT2D eigenvalue weighted by molar-refractivity contribution is 0.0999. The number of aromatic nitrogens is 2. The fourth-order valence-electron chi connectivity index (χ4n) is 0.357. The molecule has 4 nitrogen and oxygen atoms in total. The molecular weight excluding hydrogens is 170 g/mol. The summed E-state index contributed by atoms with van der Waals surface area (Å²) in [5.74, 6) is -0.497. The molecule has 0 saturated carbocycles. The first-order valence-corrected chi connectivity index (χ1v) is 3.48. The fraction of sp³-hybridized carbons (Fsp3) is 0. The Labute approximate surface area is 65.8 Å². The average molecular weight is 171 g/mol. The van der Waals surface area contributed by atoms with Gasteiger partial charge in [-0.2, -0.15) is 4.99 Å². The molecule has 0 N–H and O–H groups in total. The van der Waals surface area contributed by atoms with E-state index in [1.165, 1.54) is 5.38 Å². The highest BCUT2D eigenvalue weighted by Crippen LogP contribution is 1.97. The van der Waals surface area contributed by atoms with Crippen molar-refractivity contribution in [2.45, 2.75) is 0 Å². The molecule has 0 aliphatic rings. The molecule has 0 atom stereocenters. The molecule has 1 rings (SSSR count). The third kappa shape index (κ3) is 1.51. The van der Waals surface area contributed by atoms with Gasteiger partial charge in [0.1, 0.15) is 0 Å². The van der Waals surface area contributed by atoms with E-state index in [2.05, 4.69) is 26.8 Å². The molecule has 0 saturated heterocycles. The highest BCUT2D eigenvalue weighted by atomic mass is 32.1. The lowest BCUT2D eigenvalue weighted by Gasteiger charge is -1.77. The molecule has 50 valence electrons. The summed E-state index contributed by atoms with van der Waals surface area (Å²) in [5.41, 5.74) is 0.211. The summed E-state index contributed by atoms with van der Waals surface area (Å²) in [7, 11) is 0. The van der Waals surface area contributed by atoms with E-state index in [1.54, 1.807) is 0 Å². The van der Waals surface area contributed by atoms with Crippen molar-refractivity contribution in [1.82, 2.24) is 9.59 Å². The highest BCUT2D eigenvalue weighted by molar-refractivity contribution is 7.78. The number of aliphatic imine (C=N–C) groups is 1. The van der Waals surface area contributed by atoms with Gasteiger partial charge in [0.15, 0.2) is 5.69 Å². The number of hydrogen-bond donors (Lipinski definition) is 0. The first-order chi connectivity index (χ1) is 4.84. The molecule has 0 radical (unpaired) electrons. The van der Waals surface area contributed by atoms with E-state index in [0.29, 0.717) is 0 Å². The zero-order valence-corrected chi connectivity index (χ0v) is 6.28. The molecule has 0 spiro atoms. The first-order valence-electron chi connectivity index (χ1n) is 2.24. The lowest BCUT2D eigenvalue weighted by atomic mass is 10.5. The maximum atomic E-state index is 10.7. The maximum absolute atomic E-state index is 10.7. The van der Waals surface area contributed by atoms with Crippen molar-refractivity contribution in [3.05, 3.63) is 11.1 Å². The van der Waals surface area contributed by atoms with Crippen LogP contribution in [-0.4, -0.2) is 20.7 Å². The zero-order chi connectivity index (χ0) is 7.40. The van der Waals surface area contributed by atoms with Crippen LogP contribution in [0.25, 0.3) is 0 Å². The van der Waals surface area contributed by atoms with Crippen molar-refractivity contribution in [3.63, 3.8) is 0 Å². The Morgan fingerprint density at radius 1 is 1.90 bits per heavy atom. The van der Waals surface area contributed by atoms with Crippen molar-refractivity contribution < 1.29 is 4.79 Å². The molecule has 1 heterocycles. The van der Waals surface area contributed by atoms with Gasteiger partial charge in [0.05, 0.1) is 5.16 Å². The van der Waals surface area contributed by atoms with Crippen LogP contribution in [0.5, 0.6) is 0 Å².